The summed E-state index contributed by atoms with van der Waals surface area (Å²) in [7, 11) is -0.779. The highest BCUT2D eigenvalue weighted by atomic mass is 35.5. The molecule has 1 aliphatic heterocycles. The predicted octanol–water partition coefficient (Wildman–Crippen LogP) is 6.13. The first-order chi connectivity index (χ1) is 17.9. The number of amides is 2. The van der Waals surface area contributed by atoms with Gasteiger partial charge in [0.25, 0.3) is 11.8 Å². The van der Waals surface area contributed by atoms with Crippen LogP contribution < -0.4 is 10.6 Å². The van der Waals surface area contributed by atoms with Gasteiger partial charge in [-0.25, -0.2) is 8.78 Å². The molecule has 2 amide bonds. The quantitative estimate of drug-likeness (QED) is 0.287. The summed E-state index contributed by atoms with van der Waals surface area (Å²) >= 11 is 6.26. The summed E-state index contributed by atoms with van der Waals surface area (Å²) in [5.74, 6) is -3.34. The second kappa shape index (κ2) is 10.5. The Bertz CT molecular complexity index is 1550. The van der Waals surface area contributed by atoms with Crippen LogP contribution in [0.4, 0.5) is 27.6 Å². The van der Waals surface area contributed by atoms with Gasteiger partial charge in [0.1, 0.15) is 11.6 Å². The van der Waals surface area contributed by atoms with Crippen molar-refractivity contribution in [2.24, 2.45) is 4.36 Å². The lowest BCUT2D eigenvalue weighted by Gasteiger charge is -2.19. The van der Waals surface area contributed by atoms with Crippen molar-refractivity contribution in [3.63, 3.8) is 0 Å². The zero-order valence-electron chi connectivity index (χ0n) is 19.3. The number of benzene rings is 3. The molecule has 38 heavy (non-hydrogen) atoms. The topological polar surface area (TPSA) is 94.3 Å². The molecule has 196 valence electrons. The van der Waals surface area contributed by atoms with E-state index >= 15 is 0 Å². The van der Waals surface area contributed by atoms with Gasteiger partial charge in [-0.15, -0.1) is 0 Å². The number of carbonyl (C=O) groups excluding carboxylic acids is 2. The third kappa shape index (κ3) is 5.69. The number of fused-ring (bicyclic) bond motifs is 1. The third-order valence-electron chi connectivity index (χ3n) is 5.63. The van der Waals surface area contributed by atoms with Gasteiger partial charge >= 0.3 is 6.18 Å². The summed E-state index contributed by atoms with van der Waals surface area (Å²) in [4.78, 5) is 25.9. The van der Waals surface area contributed by atoms with Crippen LogP contribution in [0.1, 0.15) is 49.0 Å². The van der Waals surface area contributed by atoms with Gasteiger partial charge in [0.15, 0.2) is 0 Å². The van der Waals surface area contributed by atoms with Gasteiger partial charge in [-0.1, -0.05) is 22.3 Å². The van der Waals surface area contributed by atoms with Crippen molar-refractivity contribution < 1.29 is 31.5 Å². The van der Waals surface area contributed by atoms with E-state index in [2.05, 4.69) is 15.0 Å². The maximum absolute atomic E-state index is 14.1. The number of alkyl halides is 3. The predicted molar refractivity (Wildman–Crippen MR) is 132 cm³/mol. The van der Waals surface area contributed by atoms with Gasteiger partial charge in [0.2, 0.25) is 6.19 Å². The molecule has 2 atom stereocenters. The van der Waals surface area contributed by atoms with Crippen molar-refractivity contribution in [3.8, 4) is 6.19 Å². The highest BCUT2D eigenvalue weighted by Gasteiger charge is 2.35. The molecule has 0 saturated carbocycles. The van der Waals surface area contributed by atoms with Gasteiger partial charge in [-0.2, -0.15) is 22.8 Å². The van der Waals surface area contributed by atoms with Gasteiger partial charge in [-0.05, 0) is 60.4 Å². The Labute approximate surface area is 220 Å². The first kappa shape index (κ1) is 27.2. The van der Waals surface area contributed by atoms with E-state index in [0.29, 0.717) is 17.7 Å². The summed E-state index contributed by atoms with van der Waals surface area (Å²) in [6, 6.07) is 6.92. The van der Waals surface area contributed by atoms with Crippen LogP contribution in [0.3, 0.4) is 0 Å². The number of hydrogen-bond donors (Lipinski definition) is 2. The van der Waals surface area contributed by atoms with E-state index < -0.39 is 57.5 Å². The molecule has 6 nitrogen and oxygen atoms in total. The van der Waals surface area contributed by atoms with Crippen molar-refractivity contribution in [2.45, 2.75) is 18.0 Å². The number of carbonyl (C=O) groups is 2. The van der Waals surface area contributed by atoms with Crippen LogP contribution in [-0.4, -0.2) is 18.1 Å². The second-order valence-electron chi connectivity index (χ2n) is 8.29. The smallest absolute Gasteiger partial charge is 0.341 e. The number of anilines is 1. The van der Waals surface area contributed by atoms with Crippen molar-refractivity contribution in [1.29, 1.82) is 5.26 Å². The normalized spacial score (nSPS) is 15.5. The molecule has 0 saturated heterocycles. The molecule has 2 N–H and O–H groups in total. The highest BCUT2D eigenvalue weighted by molar-refractivity contribution is 7.85. The number of halogens is 6. The molecule has 2 unspecified atom stereocenters. The minimum absolute atomic E-state index is 0.0120. The van der Waals surface area contributed by atoms with Crippen LogP contribution in [0, 0.1) is 23.1 Å². The molecule has 4 rings (SSSR count). The number of nitriles is 1. The fourth-order valence-electron chi connectivity index (χ4n) is 4.07. The molecule has 0 radical (unpaired) electrons. The van der Waals surface area contributed by atoms with Gasteiger partial charge in [-0.3, -0.25) is 9.59 Å². The molecule has 0 spiro atoms. The average molecular weight is 567 g/mol. The Morgan fingerprint density at radius 1 is 1.16 bits per heavy atom. The summed E-state index contributed by atoms with van der Waals surface area (Å²) < 4.78 is 71.3. The standard InChI is InChI=1S/C25H16ClF5N4O2S/c1-38(33-11-32)10-12-4-18-21(22(35-24(18)37)17-9-15(27)2-3-19(17)26)20(5-12)34-23(36)13-6-14(25(29,30)31)8-16(28)7-13/h2-9,22H,10H2,1H3,(H,34,36)(H,35,37). The van der Waals surface area contributed by atoms with Gasteiger partial charge < -0.3 is 10.6 Å². The Morgan fingerprint density at radius 2 is 1.89 bits per heavy atom. The molecule has 3 aromatic rings. The Kier molecular flexibility index (Phi) is 7.53. The van der Waals surface area contributed by atoms with E-state index in [4.69, 9.17) is 16.9 Å². The molecule has 0 fully saturated rings. The molecular weight excluding hydrogens is 551 g/mol. The third-order valence-corrected chi connectivity index (χ3v) is 7.11. The summed E-state index contributed by atoms with van der Waals surface area (Å²) in [5, 5.41) is 14.1. The zero-order valence-corrected chi connectivity index (χ0v) is 20.9. The van der Waals surface area contributed by atoms with Crippen molar-refractivity contribution in [1.82, 2.24) is 5.32 Å². The van der Waals surface area contributed by atoms with Crippen molar-refractivity contribution in [3.05, 3.63) is 98.6 Å². The van der Waals surface area contributed by atoms with Crippen LogP contribution in [-0.2, 0) is 22.6 Å². The summed E-state index contributed by atoms with van der Waals surface area (Å²) in [6.07, 6.45) is -1.53. The molecule has 0 bridgehead atoms. The Morgan fingerprint density at radius 3 is 2.58 bits per heavy atom. The lowest BCUT2D eigenvalue weighted by molar-refractivity contribution is -0.137. The molecule has 1 heterocycles. The number of nitrogens with one attached hydrogen (secondary N) is 2. The fourth-order valence-corrected chi connectivity index (χ4v) is 5.15. The highest BCUT2D eigenvalue weighted by Crippen LogP contribution is 2.40. The maximum Gasteiger partial charge on any atom is 0.416 e. The largest absolute Gasteiger partial charge is 0.416 e. The molecule has 0 aromatic heterocycles. The summed E-state index contributed by atoms with van der Waals surface area (Å²) in [5.41, 5.74) is -0.979. The van der Waals surface area contributed by atoms with E-state index in [1.807, 2.05) is 0 Å². The Balaban J connectivity index is 1.85. The van der Waals surface area contributed by atoms with E-state index in [1.54, 1.807) is 12.4 Å². The molecule has 1 aliphatic rings. The van der Waals surface area contributed by atoms with Crippen LogP contribution in [0.15, 0.2) is 52.9 Å². The Hall–Kier alpha value is -3.82. The number of rotatable bonds is 5. The van der Waals surface area contributed by atoms with Crippen LogP contribution >= 0.6 is 11.6 Å². The van der Waals surface area contributed by atoms with Crippen LogP contribution in [0.2, 0.25) is 5.02 Å². The van der Waals surface area contributed by atoms with E-state index in [9.17, 15) is 31.5 Å². The SMILES string of the molecule is C/S(Cc1cc(NC(=O)c2cc(F)cc(C(F)(F)F)c2)c2c(c1)C(=O)NC2c1cc(F)ccc1Cl)=N\C#N. The van der Waals surface area contributed by atoms with Crippen molar-refractivity contribution >= 4 is 39.8 Å². The minimum Gasteiger partial charge on any atom is -0.341 e. The summed E-state index contributed by atoms with van der Waals surface area (Å²) in [6.45, 7) is 0. The molecule has 3 aromatic carbocycles. The lowest BCUT2D eigenvalue weighted by Crippen LogP contribution is -2.21. The molecular formula is C25H16ClF5N4O2S. The first-order valence-corrected chi connectivity index (χ1v) is 12.9. The first-order valence-electron chi connectivity index (χ1n) is 10.7. The van der Waals surface area contributed by atoms with Crippen LogP contribution in [0.25, 0.3) is 0 Å². The van der Waals surface area contributed by atoms with E-state index in [-0.39, 0.29) is 39.2 Å². The molecule has 13 heteroatoms. The minimum atomic E-state index is -4.89. The van der Waals surface area contributed by atoms with Crippen LogP contribution in [0.5, 0.6) is 0 Å². The van der Waals surface area contributed by atoms with Crippen molar-refractivity contribution in [2.75, 3.05) is 11.6 Å². The van der Waals surface area contributed by atoms with E-state index in [0.717, 1.165) is 12.1 Å². The zero-order chi connectivity index (χ0) is 27.8. The molecule has 0 aliphatic carbocycles. The van der Waals surface area contributed by atoms with Gasteiger partial charge in [0, 0.05) is 38.7 Å². The maximum atomic E-state index is 14.1. The average Bonchev–Trinajstić information content (AvgIpc) is 3.16. The number of hydrogen-bond acceptors (Lipinski definition) is 4. The second-order valence-corrected chi connectivity index (χ2v) is 10.4. The monoisotopic (exact) mass is 566 g/mol. The van der Waals surface area contributed by atoms with Gasteiger partial charge in [0.05, 0.1) is 11.6 Å². The van der Waals surface area contributed by atoms with E-state index in [1.165, 1.54) is 18.2 Å². The lowest BCUT2D eigenvalue weighted by atomic mass is 9.94. The number of nitrogens with zero attached hydrogens (tertiary/aromatic N) is 2. The fraction of sp³-hybridized carbons (Fsp3) is 0.160.